The van der Waals surface area contributed by atoms with Gasteiger partial charge in [-0.25, -0.2) is 0 Å². The van der Waals surface area contributed by atoms with Gasteiger partial charge < -0.3 is 9.47 Å². The number of carbonyl (C=O) groups is 1. The average molecular weight is 392 g/mol. The fourth-order valence-electron chi connectivity index (χ4n) is 3.09. The zero-order valence-corrected chi connectivity index (χ0v) is 16.2. The molecule has 1 heterocycles. The number of Topliss-reactive ketones (excluding diaryl/α,β-unsaturated/α-hetero) is 1. The minimum absolute atomic E-state index is 0.0152. The maximum Gasteiger partial charge on any atom is 0.161 e. The topological polar surface area (TPSA) is 47.9 Å². The summed E-state index contributed by atoms with van der Waals surface area (Å²) in [6.07, 6.45) is 1.22. The van der Waals surface area contributed by atoms with Crippen LogP contribution in [0.5, 0.6) is 11.5 Å². The van der Waals surface area contributed by atoms with Crippen LogP contribution < -0.4 is 9.47 Å². The van der Waals surface area contributed by atoms with Crippen LogP contribution in [0.4, 0.5) is 0 Å². The maximum absolute atomic E-state index is 12.6. The van der Waals surface area contributed by atoms with E-state index in [1.165, 1.54) is 0 Å². The first kappa shape index (κ1) is 18.7. The number of hydrogen-bond acceptors (Lipinski definition) is 4. The lowest BCUT2D eigenvalue weighted by Crippen LogP contribution is -2.18. The van der Waals surface area contributed by atoms with Gasteiger partial charge in [-0.05, 0) is 41.8 Å². The number of methoxy groups -OCH3 is 2. The van der Waals surface area contributed by atoms with Crippen molar-refractivity contribution in [3.05, 3.63) is 57.1 Å². The van der Waals surface area contributed by atoms with Crippen LogP contribution in [0.1, 0.15) is 23.1 Å². The number of halogens is 2. The highest BCUT2D eigenvalue weighted by Crippen LogP contribution is 2.33. The zero-order chi connectivity index (χ0) is 18.7. The third-order valence-corrected chi connectivity index (χ3v) is 5.11. The highest BCUT2D eigenvalue weighted by molar-refractivity contribution is 6.36. The molecule has 0 saturated heterocycles. The van der Waals surface area contributed by atoms with Gasteiger partial charge in [-0.3, -0.25) is 9.79 Å². The van der Waals surface area contributed by atoms with E-state index in [2.05, 4.69) is 4.99 Å². The number of ether oxygens (including phenoxy) is 2. The number of aliphatic imine (C=N–C) groups is 1. The van der Waals surface area contributed by atoms with Crippen molar-refractivity contribution in [2.24, 2.45) is 4.99 Å². The summed E-state index contributed by atoms with van der Waals surface area (Å²) in [4.78, 5) is 17.2. The van der Waals surface area contributed by atoms with Crippen LogP contribution in [-0.4, -0.2) is 32.3 Å². The van der Waals surface area contributed by atoms with Crippen LogP contribution in [0.2, 0.25) is 10.0 Å². The highest BCUT2D eigenvalue weighted by atomic mass is 35.5. The van der Waals surface area contributed by atoms with Crippen LogP contribution in [-0.2, 0) is 17.6 Å². The number of ketones is 1. The summed E-state index contributed by atoms with van der Waals surface area (Å²) >= 11 is 12.3. The van der Waals surface area contributed by atoms with Crippen LogP contribution in [0, 0.1) is 0 Å². The summed E-state index contributed by atoms with van der Waals surface area (Å²) in [5, 5.41) is 1.01. The number of carbonyl (C=O) groups excluding carboxylic acids is 1. The second-order valence-electron chi connectivity index (χ2n) is 6.04. The summed E-state index contributed by atoms with van der Waals surface area (Å²) in [6, 6.07) is 9.08. The Labute approximate surface area is 162 Å². The van der Waals surface area contributed by atoms with Gasteiger partial charge in [0, 0.05) is 40.7 Å². The summed E-state index contributed by atoms with van der Waals surface area (Å²) < 4.78 is 10.7. The van der Waals surface area contributed by atoms with Crippen molar-refractivity contribution in [2.75, 3.05) is 20.8 Å². The van der Waals surface area contributed by atoms with Gasteiger partial charge >= 0.3 is 0 Å². The standard InChI is InChI=1S/C20H19Cl2NO3/c1-25-19-8-12-6-7-23-18(14(12)11-20(19)26-2)10-13(24)9-15-16(21)4-3-5-17(15)22/h3-5,8,11H,6-7,9-10H2,1-2H3. The quantitative estimate of drug-likeness (QED) is 0.724. The second kappa shape index (κ2) is 8.11. The largest absolute Gasteiger partial charge is 0.493 e. The van der Waals surface area contributed by atoms with E-state index in [-0.39, 0.29) is 18.6 Å². The summed E-state index contributed by atoms with van der Waals surface area (Å²) in [6.45, 7) is 0.651. The van der Waals surface area contributed by atoms with Crippen LogP contribution >= 0.6 is 23.2 Å². The lowest BCUT2D eigenvalue weighted by Gasteiger charge is -2.19. The Balaban J connectivity index is 1.83. The molecule has 0 radical (unpaired) electrons. The Morgan fingerprint density at radius 1 is 1.08 bits per heavy atom. The van der Waals surface area contributed by atoms with Crippen LogP contribution in [0.3, 0.4) is 0 Å². The van der Waals surface area contributed by atoms with Crippen molar-refractivity contribution in [2.45, 2.75) is 19.3 Å². The second-order valence-corrected chi connectivity index (χ2v) is 6.85. The molecule has 0 N–H and O–H groups in total. The summed E-state index contributed by atoms with van der Waals surface area (Å²) in [5.74, 6) is 1.32. The lowest BCUT2D eigenvalue weighted by atomic mass is 9.93. The molecule has 0 aliphatic carbocycles. The molecule has 0 amide bonds. The van der Waals surface area contributed by atoms with E-state index >= 15 is 0 Å². The molecule has 6 heteroatoms. The average Bonchev–Trinajstić information content (AvgIpc) is 2.64. The van der Waals surface area contributed by atoms with Gasteiger partial charge in [0.1, 0.15) is 5.78 Å². The lowest BCUT2D eigenvalue weighted by molar-refractivity contribution is -0.117. The highest BCUT2D eigenvalue weighted by Gasteiger charge is 2.21. The molecule has 0 aromatic heterocycles. The molecular formula is C20H19Cl2NO3. The van der Waals surface area contributed by atoms with Crippen LogP contribution in [0.25, 0.3) is 0 Å². The summed E-state index contributed by atoms with van der Waals surface area (Å²) in [5.41, 5.74) is 3.47. The third-order valence-electron chi connectivity index (χ3n) is 4.40. The fraction of sp³-hybridized carbons (Fsp3) is 0.300. The monoisotopic (exact) mass is 391 g/mol. The van der Waals surface area contributed by atoms with E-state index in [0.29, 0.717) is 33.7 Å². The van der Waals surface area contributed by atoms with Crippen molar-refractivity contribution >= 4 is 34.7 Å². The van der Waals surface area contributed by atoms with E-state index in [1.807, 2.05) is 12.1 Å². The molecule has 2 aromatic carbocycles. The Hall–Kier alpha value is -2.04. The van der Waals surface area contributed by atoms with E-state index in [4.69, 9.17) is 32.7 Å². The van der Waals surface area contributed by atoms with E-state index in [1.54, 1.807) is 32.4 Å². The SMILES string of the molecule is COc1cc2c(cc1OC)C(CC(=O)Cc1c(Cl)cccc1Cl)=NCC2. The van der Waals surface area contributed by atoms with Crippen molar-refractivity contribution in [3.63, 3.8) is 0 Å². The minimum Gasteiger partial charge on any atom is -0.493 e. The Kier molecular flexibility index (Phi) is 5.84. The van der Waals surface area contributed by atoms with Gasteiger partial charge in [0.15, 0.2) is 11.5 Å². The van der Waals surface area contributed by atoms with E-state index in [0.717, 1.165) is 23.3 Å². The number of nitrogens with zero attached hydrogens (tertiary/aromatic N) is 1. The van der Waals surface area contributed by atoms with Crippen molar-refractivity contribution < 1.29 is 14.3 Å². The van der Waals surface area contributed by atoms with Crippen LogP contribution in [0.15, 0.2) is 35.3 Å². The Bertz CT molecular complexity index is 857. The Morgan fingerprint density at radius 3 is 2.38 bits per heavy atom. The molecule has 4 nitrogen and oxygen atoms in total. The molecule has 136 valence electrons. The Morgan fingerprint density at radius 2 is 1.73 bits per heavy atom. The molecule has 0 fully saturated rings. The van der Waals surface area contributed by atoms with Gasteiger partial charge in [0.25, 0.3) is 0 Å². The smallest absolute Gasteiger partial charge is 0.161 e. The first-order valence-electron chi connectivity index (χ1n) is 8.26. The van der Waals surface area contributed by atoms with Gasteiger partial charge in [0.2, 0.25) is 0 Å². The molecule has 1 aliphatic rings. The van der Waals surface area contributed by atoms with Gasteiger partial charge in [-0.2, -0.15) is 0 Å². The molecule has 0 spiro atoms. The normalized spacial score (nSPS) is 13.0. The first-order valence-corrected chi connectivity index (χ1v) is 9.02. The molecule has 0 unspecified atom stereocenters. The molecule has 2 aromatic rings. The van der Waals surface area contributed by atoms with Gasteiger partial charge in [-0.1, -0.05) is 29.3 Å². The molecule has 3 rings (SSSR count). The van der Waals surface area contributed by atoms with Crippen molar-refractivity contribution in [3.8, 4) is 11.5 Å². The third kappa shape index (κ3) is 3.87. The predicted octanol–water partition coefficient (Wildman–Crippen LogP) is 4.56. The van der Waals surface area contributed by atoms with Crippen molar-refractivity contribution in [1.82, 2.24) is 0 Å². The number of benzene rings is 2. The number of fused-ring (bicyclic) bond motifs is 1. The van der Waals surface area contributed by atoms with Gasteiger partial charge in [-0.15, -0.1) is 0 Å². The summed E-state index contributed by atoms with van der Waals surface area (Å²) in [7, 11) is 3.20. The minimum atomic E-state index is 0.0152. The van der Waals surface area contributed by atoms with Gasteiger partial charge in [0.05, 0.1) is 14.2 Å². The van der Waals surface area contributed by atoms with E-state index in [9.17, 15) is 4.79 Å². The number of rotatable bonds is 6. The predicted molar refractivity (Wildman–Crippen MR) is 104 cm³/mol. The zero-order valence-electron chi connectivity index (χ0n) is 14.6. The molecule has 1 aliphatic heterocycles. The maximum atomic E-state index is 12.6. The molecular weight excluding hydrogens is 373 g/mol. The molecule has 26 heavy (non-hydrogen) atoms. The fourth-order valence-corrected chi connectivity index (χ4v) is 3.62. The molecule has 0 atom stereocenters. The van der Waals surface area contributed by atoms with E-state index < -0.39 is 0 Å². The molecule has 0 bridgehead atoms. The van der Waals surface area contributed by atoms with Crippen molar-refractivity contribution in [1.29, 1.82) is 0 Å². The molecule has 0 saturated carbocycles. The number of hydrogen-bond donors (Lipinski definition) is 0. The first-order chi connectivity index (χ1) is 12.5.